The number of piperidine rings is 1. The first kappa shape index (κ1) is 20.9. The van der Waals surface area contributed by atoms with Crippen LogP contribution in [0.4, 0.5) is 11.4 Å². The highest BCUT2D eigenvalue weighted by Crippen LogP contribution is 2.35. The third-order valence-electron chi connectivity index (χ3n) is 5.03. The number of rotatable bonds is 4. The molecule has 27 heavy (non-hydrogen) atoms. The number of nitro benzene ring substituents is 1. The number of anilines is 1. The van der Waals surface area contributed by atoms with Gasteiger partial charge in [-0.15, -0.1) is 12.4 Å². The molecule has 0 radical (unpaired) electrons. The van der Waals surface area contributed by atoms with E-state index < -0.39 is 10.8 Å². The van der Waals surface area contributed by atoms with E-state index in [4.69, 9.17) is 10.5 Å². The maximum Gasteiger partial charge on any atom is 0.271 e. The average molecular weight is 399 g/mol. The highest BCUT2D eigenvalue weighted by atomic mass is 35.5. The van der Waals surface area contributed by atoms with Crippen molar-refractivity contribution in [3.63, 3.8) is 0 Å². The Morgan fingerprint density at radius 3 is 2.67 bits per heavy atom. The topological polar surface area (TPSA) is 119 Å². The number of likely N-dealkylation sites (tertiary alicyclic amines) is 1. The highest BCUT2D eigenvalue weighted by molar-refractivity contribution is 6.02. The Morgan fingerprint density at radius 1 is 1.41 bits per heavy atom. The summed E-state index contributed by atoms with van der Waals surface area (Å²) in [5.74, 6) is 0.184. The summed E-state index contributed by atoms with van der Waals surface area (Å²) in [7, 11) is 0. The van der Waals surface area contributed by atoms with Crippen LogP contribution in [0, 0.1) is 16.0 Å². The molecule has 3 rings (SSSR count). The number of amides is 2. The molecule has 1 aromatic carbocycles. The van der Waals surface area contributed by atoms with Crippen molar-refractivity contribution in [2.24, 2.45) is 11.7 Å². The van der Waals surface area contributed by atoms with Crippen molar-refractivity contribution in [1.82, 2.24) is 4.90 Å². The number of hydrogen-bond donors (Lipinski definition) is 1. The van der Waals surface area contributed by atoms with Crippen molar-refractivity contribution in [3.05, 3.63) is 28.3 Å². The van der Waals surface area contributed by atoms with E-state index in [2.05, 4.69) is 0 Å². The second kappa shape index (κ2) is 8.53. The lowest BCUT2D eigenvalue weighted by atomic mass is 9.91. The standard InChI is InChI=1S/C17H22N4O5.ClH/c1-11(18)12-4-6-19(7-5-12)16(22)9-20-14-8-13(21(24)25)2-3-15(14)26-10-17(20)23;/h2-3,8,11-12H,4-7,9-10,18H2,1H3;1H. The van der Waals surface area contributed by atoms with Crippen LogP contribution in [0.1, 0.15) is 19.8 Å². The largest absolute Gasteiger partial charge is 0.482 e. The lowest BCUT2D eigenvalue weighted by Gasteiger charge is -2.35. The van der Waals surface area contributed by atoms with E-state index in [9.17, 15) is 19.7 Å². The minimum atomic E-state index is -0.544. The molecule has 0 aliphatic carbocycles. The minimum absolute atomic E-state index is 0. The smallest absolute Gasteiger partial charge is 0.271 e. The van der Waals surface area contributed by atoms with Crippen molar-refractivity contribution in [2.75, 3.05) is 31.1 Å². The second-order valence-electron chi connectivity index (χ2n) is 6.76. The molecule has 1 aromatic rings. The monoisotopic (exact) mass is 398 g/mol. The molecule has 0 bridgehead atoms. The first-order chi connectivity index (χ1) is 12.4. The zero-order valence-corrected chi connectivity index (χ0v) is 15.8. The van der Waals surface area contributed by atoms with Crippen molar-refractivity contribution in [2.45, 2.75) is 25.8 Å². The number of nitrogens with zero attached hydrogens (tertiary/aromatic N) is 3. The fourth-order valence-electron chi connectivity index (χ4n) is 3.39. The van der Waals surface area contributed by atoms with E-state index in [0.29, 0.717) is 24.8 Å². The molecule has 2 heterocycles. The van der Waals surface area contributed by atoms with E-state index >= 15 is 0 Å². The fourth-order valence-corrected chi connectivity index (χ4v) is 3.39. The maximum absolute atomic E-state index is 12.6. The fraction of sp³-hybridized carbons (Fsp3) is 0.529. The molecule has 0 saturated carbocycles. The number of non-ortho nitro benzene ring substituents is 1. The summed E-state index contributed by atoms with van der Waals surface area (Å²) in [6, 6.07) is 4.13. The van der Waals surface area contributed by atoms with Gasteiger partial charge in [0.1, 0.15) is 12.3 Å². The van der Waals surface area contributed by atoms with E-state index in [-0.39, 0.29) is 48.9 Å². The van der Waals surface area contributed by atoms with Crippen molar-refractivity contribution < 1.29 is 19.2 Å². The van der Waals surface area contributed by atoms with Gasteiger partial charge in [0.25, 0.3) is 11.6 Å². The van der Waals surface area contributed by atoms with Gasteiger partial charge in [0.05, 0.1) is 10.6 Å². The van der Waals surface area contributed by atoms with Crippen LogP contribution < -0.4 is 15.4 Å². The normalized spacial score (nSPS) is 18.2. The van der Waals surface area contributed by atoms with Crippen LogP contribution in [-0.2, 0) is 9.59 Å². The lowest BCUT2D eigenvalue weighted by molar-refractivity contribution is -0.384. The number of halogens is 1. The Morgan fingerprint density at radius 2 is 2.07 bits per heavy atom. The van der Waals surface area contributed by atoms with E-state index in [0.717, 1.165) is 12.8 Å². The van der Waals surface area contributed by atoms with Gasteiger partial charge < -0.3 is 15.4 Å². The summed E-state index contributed by atoms with van der Waals surface area (Å²) in [5.41, 5.74) is 6.03. The molecular weight excluding hydrogens is 376 g/mol. The molecule has 1 atom stereocenters. The quantitative estimate of drug-likeness (QED) is 0.603. The lowest BCUT2D eigenvalue weighted by Crippen LogP contribution is -2.49. The Bertz CT molecular complexity index is 734. The maximum atomic E-state index is 12.6. The third-order valence-corrected chi connectivity index (χ3v) is 5.03. The number of benzene rings is 1. The first-order valence-electron chi connectivity index (χ1n) is 8.61. The van der Waals surface area contributed by atoms with Crippen molar-refractivity contribution in [3.8, 4) is 5.75 Å². The van der Waals surface area contributed by atoms with Gasteiger partial charge in [-0.1, -0.05) is 0 Å². The Hall–Kier alpha value is -2.39. The number of hydrogen-bond acceptors (Lipinski definition) is 6. The van der Waals surface area contributed by atoms with Crippen LogP contribution in [0.5, 0.6) is 5.75 Å². The van der Waals surface area contributed by atoms with Crippen LogP contribution in [-0.4, -0.2) is 53.9 Å². The molecule has 2 amide bonds. The first-order valence-corrected chi connectivity index (χ1v) is 8.61. The summed E-state index contributed by atoms with van der Waals surface area (Å²) in [6.45, 7) is 2.83. The summed E-state index contributed by atoms with van der Waals surface area (Å²) in [6.07, 6.45) is 1.67. The van der Waals surface area contributed by atoms with Gasteiger partial charge in [-0.2, -0.15) is 0 Å². The summed E-state index contributed by atoms with van der Waals surface area (Å²) in [4.78, 5) is 38.3. The number of fused-ring (bicyclic) bond motifs is 1. The van der Waals surface area contributed by atoms with Gasteiger partial charge in [-0.3, -0.25) is 24.6 Å². The summed E-state index contributed by atoms with van der Waals surface area (Å²) < 4.78 is 5.32. The van der Waals surface area contributed by atoms with Gasteiger partial charge >= 0.3 is 0 Å². The van der Waals surface area contributed by atoms with E-state index in [1.807, 2.05) is 6.92 Å². The van der Waals surface area contributed by atoms with Crippen LogP contribution in [0.2, 0.25) is 0 Å². The molecular formula is C17H23ClN4O5. The van der Waals surface area contributed by atoms with Crippen LogP contribution >= 0.6 is 12.4 Å². The van der Waals surface area contributed by atoms with Gasteiger partial charge in [-0.05, 0) is 31.7 Å². The van der Waals surface area contributed by atoms with E-state index in [1.165, 1.54) is 23.1 Å². The summed E-state index contributed by atoms with van der Waals surface area (Å²) in [5, 5.41) is 11.0. The molecule has 0 spiro atoms. The number of ether oxygens (including phenoxy) is 1. The SMILES string of the molecule is CC(N)C1CCN(C(=O)CN2C(=O)COc3ccc([N+](=O)[O-])cc32)CC1.Cl. The molecule has 1 saturated heterocycles. The van der Waals surface area contributed by atoms with Gasteiger partial charge in [0, 0.05) is 31.3 Å². The van der Waals surface area contributed by atoms with Crippen LogP contribution in [0.15, 0.2) is 18.2 Å². The van der Waals surface area contributed by atoms with E-state index in [1.54, 1.807) is 4.90 Å². The van der Waals surface area contributed by atoms with Crippen molar-refractivity contribution in [1.29, 1.82) is 0 Å². The minimum Gasteiger partial charge on any atom is -0.482 e. The predicted molar refractivity (Wildman–Crippen MR) is 101 cm³/mol. The number of carbonyl (C=O) groups is 2. The Labute approximate surface area is 163 Å². The molecule has 2 aliphatic rings. The Balaban J connectivity index is 0.00000261. The van der Waals surface area contributed by atoms with Crippen LogP contribution in [0.3, 0.4) is 0 Å². The molecule has 1 fully saturated rings. The molecule has 148 valence electrons. The van der Waals surface area contributed by atoms with Gasteiger partial charge in [0.2, 0.25) is 5.91 Å². The number of nitrogens with two attached hydrogens (primary N) is 1. The second-order valence-corrected chi connectivity index (χ2v) is 6.76. The van der Waals surface area contributed by atoms with Crippen LogP contribution in [0.25, 0.3) is 0 Å². The molecule has 2 N–H and O–H groups in total. The highest BCUT2D eigenvalue weighted by Gasteiger charge is 2.32. The molecule has 1 unspecified atom stereocenters. The number of carbonyl (C=O) groups excluding carboxylic acids is 2. The van der Waals surface area contributed by atoms with Gasteiger partial charge in [-0.25, -0.2) is 0 Å². The summed E-state index contributed by atoms with van der Waals surface area (Å²) >= 11 is 0. The number of nitro groups is 1. The molecule has 2 aliphatic heterocycles. The predicted octanol–water partition coefficient (Wildman–Crippen LogP) is 1.33. The zero-order valence-electron chi connectivity index (χ0n) is 15.0. The van der Waals surface area contributed by atoms with Crippen molar-refractivity contribution >= 4 is 35.6 Å². The van der Waals surface area contributed by atoms with Gasteiger partial charge in [0.15, 0.2) is 6.61 Å². The Kier molecular flexibility index (Phi) is 6.61. The zero-order chi connectivity index (χ0) is 18.8. The third kappa shape index (κ3) is 4.48. The molecule has 10 heteroatoms. The molecule has 0 aromatic heterocycles. The average Bonchev–Trinajstić information content (AvgIpc) is 2.63. The molecule has 9 nitrogen and oxygen atoms in total.